The fraction of sp³-hybridized carbons (Fsp3) is 0.300. The summed E-state index contributed by atoms with van der Waals surface area (Å²) >= 11 is 0. The van der Waals surface area contributed by atoms with E-state index in [1.165, 1.54) is 11.1 Å². The van der Waals surface area contributed by atoms with E-state index in [-0.39, 0.29) is 11.8 Å². The first-order chi connectivity index (χ1) is 17.7. The maximum absolute atomic E-state index is 12.9. The molecular weight excluding hydrogens is 446 g/mol. The van der Waals surface area contributed by atoms with E-state index in [0.717, 1.165) is 49.3 Å². The second kappa shape index (κ2) is 10.1. The number of amides is 1. The van der Waals surface area contributed by atoms with Gasteiger partial charge in [0.15, 0.2) is 0 Å². The van der Waals surface area contributed by atoms with Gasteiger partial charge in [0.1, 0.15) is 5.69 Å². The molecule has 2 bridgehead atoms. The Labute approximate surface area is 212 Å². The standard InChI is InChI=1S/C30H31N5O/c36-30(31-18-22-7-3-1-4-8-22)28-20-34-16-15-26(28)17-27(34)19-35-21-29(32-33-35)25-13-11-24(12-14-25)23-9-5-2-6-10-23/h1-14,21,26-28H,15-20H2,(H,31,36)/t26-,27-,28-/m1/s1. The Bertz CT molecular complexity index is 1300. The molecule has 3 aliphatic heterocycles. The number of benzene rings is 3. The van der Waals surface area contributed by atoms with Crippen molar-refractivity contribution in [3.8, 4) is 22.4 Å². The number of piperidine rings is 3. The van der Waals surface area contributed by atoms with Gasteiger partial charge in [0, 0.05) is 24.7 Å². The molecule has 4 heterocycles. The van der Waals surface area contributed by atoms with Crippen LogP contribution in [0.1, 0.15) is 18.4 Å². The average Bonchev–Trinajstić information content (AvgIpc) is 3.42. The number of fused-ring (bicyclic) bond motifs is 3. The van der Waals surface area contributed by atoms with E-state index < -0.39 is 0 Å². The third kappa shape index (κ3) is 4.82. The number of nitrogens with one attached hydrogen (secondary N) is 1. The maximum Gasteiger partial charge on any atom is 0.224 e. The van der Waals surface area contributed by atoms with Crippen LogP contribution in [-0.2, 0) is 17.9 Å². The third-order valence-corrected chi connectivity index (χ3v) is 7.75. The number of nitrogens with zero attached hydrogens (tertiary/aromatic N) is 4. The van der Waals surface area contributed by atoms with E-state index in [1.54, 1.807) is 0 Å². The first-order valence-electron chi connectivity index (χ1n) is 12.8. The van der Waals surface area contributed by atoms with Crippen molar-refractivity contribution in [3.05, 3.63) is 96.7 Å². The second-order valence-corrected chi connectivity index (χ2v) is 10.0. The molecule has 1 amide bonds. The zero-order chi connectivity index (χ0) is 24.3. The Hall–Kier alpha value is -3.77. The lowest BCUT2D eigenvalue weighted by Gasteiger charge is -2.49. The van der Waals surface area contributed by atoms with E-state index in [9.17, 15) is 4.79 Å². The average molecular weight is 478 g/mol. The molecule has 1 aromatic heterocycles. The Morgan fingerprint density at radius 3 is 2.31 bits per heavy atom. The minimum Gasteiger partial charge on any atom is -0.352 e. The predicted molar refractivity (Wildman–Crippen MR) is 141 cm³/mol. The predicted octanol–water partition coefficient (Wildman–Crippen LogP) is 4.64. The zero-order valence-electron chi connectivity index (χ0n) is 20.3. The lowest BCUT2D eigenvalue weighted by Crippen LogP contribution is -2.57. The molecule has 6 heteroatoms. The number of aromatic nitrogens is 3. The van der Waals surface area contributed by atoms with Gasteiger partial charge in [-0.15, -0.1) is 5.10 Å². The normalized spacial score (nSPS) is 22.9. The Morgan fingerprint density at radius 2 is 1.58 bits per heavy atom. The molecule has 1 unspecified atom stereocenters. The third-order valence-electron chi connectivity index (χ3n) is 7.75. The highest BCUT2D eigenvalue weighted by Gasteiger charge is 2.43. The van der Waals surface area contributed by atoms with Crippen LogP contribution in [0.3, 0.4) is 0 Å². The summed E-state index contributed by atoms with van der Waals surface area (Å²) < 4.78 is 1.97. The van der Waals surface area contributed by atoms with Gasteiger partial charge in [-0.1, -0.05) is 90.1 Å². The van der Waals surface area contributed by atoms with Crippen molar-refractivity contribution in [1.82, 2.24) is 25.2 Å². The van der Waals surface area contributed by atoms with Crippen molar-refractivity contribution < 1.29 is 4.79 Å². The monoisotopic (exact) mass is 477 g/mol. The highest BCUT2D eigenvalue weighted by molar-refractivity contribution is 5.79. The molecule has 7 rings (SSSR count). The molecule has 182 valence electrons. The number of carbonyl (C=O) groups excluding carboxylic acids is 1. The fourth-order valence-electron chi connectivity index (χ4n) is 5.74. The summed E-state index contributed by atoms with van der Waals surface area (Å²) in [6.45, 7) is 3.29. The van der Waals surface area contributed by atoms with E-state index in [4.69, 9.17) is 0 Å². The SMILES string of the molecule is O=C(NCc1ccccc1)[C@@H]1CN2CC[C@@H]1C[C@@H]2Cn1cc(-c2ccc(-c3ccccc3)cc2)nn1. The van der Waals surface area contributed by atoms with Gasteiger partial charge in [-0.3, -0.25) is 14.4 Å². The van der Waals surface area contributed by atoms with Crippen molar-refractivity contribution in [2.24, 2.45) is 11.8 Å². The van der Waals surface area contributed by atoms with E-state index in [2.05, 4.69) is 81.2 Å². The second-order valence-electron chi connectivity index (χ2n) is 10.0. The van der Waals surface area contributed by atoms with Crippen LogP contribution in [0.5, 0.6) is 0 Å². The first-order valence-corrected chi connectivity index (χ1v) is 12.8. The van der Waals surface area contributed by atoms with Gasteiger partial charge >= 0.3 is 0 Å². The van der Waals surface area contributed by atoms with Gasteiger partial charge in [-0.2, -0.15) is 0 Å². The van der Waals surface area contributed by atoms with Crippen LogP contribution in [-0.4, -0.2) is 44.9 Å². The van der Waals surface area contributed by atoms with E-state index >= 15 is 0 Å². The highest BCUT2D eigenvalue weighted by Crippen LogP contribution is 2.37. The summed E-state index contributed by atoms with van der Waals surface area (Å²) in [6.07, 6.45) is 4.17. The molecule has 4 atom stereocenters. The number of hydrogen-bond donors (Lipinski definition) is 1. The van der Waals surface area contributed by atoms with E-state index in [0.29, 0.717) is 18.5 Å². The molecule has 0 saturated carbocycles. The van der Waals surface area contributed by atoms with Gasteiger partial charge in [0.2, 0.25) is 5.91 Å². The Balaban J connectivity index is 1.06. The van der Waals surface area contributed by atoms with Crippen LogP contribution in [0.15, 0.2) is 91.1 Å². The van der Waals surface area contributed by atoms with Crippen LogP contribution >= 0.6 is 0 Å². The summed E-state index contributed by atoms with van der Waals surface area (Å²) in [5.74, 6) is 0.700. The van der Waals surface area contributed by atoms with Crippen LogP contribution in [0.25, 0.3) is 22.4 Å². The summed E-state index contributed by atoms with van der Waals surface area (Å²) in [7, 11) is 0. The topological polar surface area (TPSA) is 63.1 Å². The smallest absolute Gasteiger partial charge is 0.224 e. The van der Waals surface area contributed by atoms with E-state index in [1.807, 2.05) is 35.1 Å². The maximum atomic E-state index is 12.9. The molecule has 4 aromatic rings. The molecule has 3 fully saturated rings. The minimum atomic E-state index is 0.0770. The summed E-state index contributed by atoms with van der Waals surface area (Å²) in [6, 6.07) is 29.4. The Morgan fingerprint density at radius 1 is 0.889 bits per heavy atom. The van der Waals surface area contributed by atoms with Gasteiger partial charge < -0.3 is 5.32 Å². The summed E-state index contributed by atoms with van der Waals surface area (Å²) in [4.78, 5) is 15.4. The summed E-state index contributed by atoms with van der Waals surface area (Å²) in [5, 5.41) is 12.0. The van der Waals surface area contributed by atoms with Crippen LogP contribution < -0.4 is 5.32 Å². The fourth-order valence-corrected chi connectivity index (χ4v) is 5.74. The van der Waals surface area contributed by atoms with Gasteiger partial charge in [0.25, 0.3) is 0 Å². The molecule has 3 aliphatic rings. The summed E-state index contributed by atoms with van der Waals surface area (Å²) in [5.41, 5.74) is 5.51. The van der Waals surface area contributed by atoms with Crippen LogP contribution in [0.2, 0.25) is 0 Å². The number of carbonyl (C=O) groups is 1. The van der Waals surface area contributed by atoms with Crippen molar-refractivity contribution in [2.75, 3.05) is 13.1 Å². The Kier molecular flexibility index (Phi) is 6.35. The molecular formula is C30H31N5O. The van der Waals surface area contributed by atoms with Gasteiger partial charge in [-0.25, -0.2) is 0 Å². The van der Waals surface area contributed by atoms with Crippen molar-refractivity contribution in [2.45, 2.75) is 32.0 Å². The van der Waals surface area contributed by atoms with Crippen LogP contribution in [0.4, 0.5) is 0 Å². The number of hydrogen-bond acceptors (Lipinski definition) is 4. The number of rotatable bonds is 7. The molecule has 3 saturated heterocycles. The first kappa shape index (κ1) is 22.7. The molecule has 0 aliphatic carbocycles. The molecule has 0 spiro atoms. The molecule has 1 N–H and O–H groups in total. The van der Waals surface area contributed by atoms with Crippen molar-refractivity contribution in [1.29, 1.82) is 0 Å². The molecule has 6 nitrogen and oxygen atoms in total. The molecule has 0 radical (unpaired) electrons. The van der Waals surface area contributed by atoms with Gasteiger partial charge in [-0.05, 0) is 42.0 Å². The zero-order valence-corrected chi connectivity index (χ0v) is 20.3. The quantitative estimate of drug-likeness (QED) is 0.421. The lowest BCUT2D eigenvalue weighted by molar-refractivity contribution is -0.133. The highest BCUT2D eigenvalue weighted by atomic mass is 16.1. The molecule has 36 heavy (non-hydrogen) atoms. The van der Waals surface area contributed by atoms with Crippen LogP contribution in [0, 0.1) is 11.8 Å². The lowest BCUT2D eigenvalue weighted by atomic mass is 9.75. The molecule has 3 aromatic carbocycles. The van der Waals surface area contributed by atoms with Crippen molar-refractivity contribution >= 4 is 5.91 Å². The van der Waals surface area contributed by atoms with Crippen molar-refractivity contribution in [3.63, 3.8) is 0 Å². The largest absolute Gasteiger partial charge is 0.352 e. The van der Waals surface area contributed by atoms with Gasteiger partial charge in [0.05, 0.1) is 18.7 Å². The minimum absolute atomic E-state index is 0.0770.